The summed E-state index contributed by atoms with van der Waals surface area (Å²) in [6, 6.07) is 8.16. The van der Waals surface area contributed by atoms with Gasteiger partial charge in [0.2, 0.25) is 11.0 Å². The summed E-state index contributed by atoms with van der Waals surface area (Å²) in [4.78, 5) is 11.9. The highest BCUT2D eigenvalue weighted by atomic mass is 32.1. The summed E-state index contributed by atoms with van der Waals surface area (Å²) in [5.74, 6) is 0.805. The Labute approximate surface area is 147 Å². The minimum Gasteiger partial charge on any atom is -0.494 e. The van der Waals surface area contributed by atoms with Crippen molar-refractivity contribution in [2.45, 2.75) is 52.4 Å². The minimum absolute atomic E-state index is 0.0453. The molecule has 6 heteroatoms. The predicted octanol–water partition coefficient (Wildman–Crippen LogP) is 4.24. The van der Waals surface area contributed by atoms with Gasteiger partial charge in [-0.2, -0.15) is 0 Å². The Balaban J connectivity index is 1.65. The molecule has 0 radical (unpaired) electrons. The Morgan fingerprint density at radius 1 is 1.12 bits per heavy atom. The van der Waals surface area contributed by atoms with Crippen molar-refractivity contribution in [3.8, 4) is 5.75 Å². The number of nitrogens with zero attached hydrogens (tertiary/aromatic N) is 2. The lowest BCUT2D eigenvalue weighted by molar-refractivity contribution is -0.116. The van der Waals surface area contributed by atoms with E-state index in [9.17, 15) is 4.79 Å². The number of nitrogens with one attached hydrogen (secondary N) is 1. The summed E-state index contributed by atoms with van der Waals surface area (Å²) in [7, 11) is 0. The first-order valence-electron chi connectivity index (χ1n) is 8.55. The third-order valence-electron chi connectivity index (χ3n) is 3.46. The van der Waals surface area contributed by atoms with Crippen LogP contribution in [-0.4, -0.2) is 22.7 Å². The van der Waals surface area contributed by atoms with Gasteiger partial charge in [0.25, 0.3) is 0 Å². The molecule has 130 valence electrons. The van der Waals surface area contributed by atoms with Gasteiger partial charge in [0.15, 0.2) is 0 Å². The van der Waals surface area contributed by atoms with Crippen molar-refractivity contribution in [1.82, 2.24) is 10.2 Å². The van der Waals surface area contributed by atoms with Crippen LogP contribution in [0.1, 0.15) is 50.1 Å². The van der Waals surface area contributed by atoms with Gasteiger partial charge in [0, 0.05) is 12.8 Å². The molecule has 0 aliphatic heterocycles. The van der Waals surface area contributed by atoms with E-state index in [4.69, 9.17) is 4.74 Å². The molecule has 1 N–H and O–H groups in total. The van der Waals surface area contributed by atoms with Gasteiger partial charge in [-0.05, 0) is 37.0 Å². The van der Waals surface area contributed by atoms with E-state index in [1.807, 2.05) is 12.1 Å². The van der Waals surface area contributed by atoms with Crippen molar-refractivity contribution in [1.29, 1.82) is 0 Å². The van der Waals surface area contributed by atoms with E-state index >= 15 is 0 Å². The molecule has 2 rings (SSSR count). The Hall–Kier alpha value is -1.95. The van der Waals surface area contributed by atoms with Crippen molar-refractivity contribution < 1.29 is 9.53 Å². The van der Waals surface area contributed by atoms with E-state index in [0.717, 1.165) is 36.4 Å². The molecule has 0 unspecified atom stereocenters. The number of hydrogen-bond acceptors (Lipinski definition) is 5. The molecule has 0 aliphatic rings. The van der Waals surface area contributed by atoms with E-state index in [1.54, 1.807) is 0 Å². The predicted molar refractivity (Wildman–Crippen MR) is 97.7 cm³/mol. The number of anilines is 1. The average molecular weight is 347 g/mol. The maximum Gasteiger partial charge on any atom is 0.226 e. The number of hydrogen-bond donors (Lipinski definition) is 1. The van der Waals surface area contributed by atoms with E-state index < -0.39 is 0 Å². The first-order valence-corrected chi connectivity index (χ1v) is 9.37. The van der Waals surface area contributed by atoms with Gasteiger partial charge in [-0.3, -0.25) is 4.79 Å². The molecule has 1 amide bonds. The van der Waals surface area contributed by atoms with Crippen molar-refractivity contribution in [2.75, 3.05) is 11.9 Å². The molecule has 0 saturated carbocycles. The zero-order valence-corrected chi connectivity index (χ0v) is 15.2. The fraction of sp³-hybridized carbons (Fsp3) is 0.500. The molecule has 0 fully saturated rings. The molecule has 0 bridgehead atoms. The van der Waals surface area contributed by atoms with Gasteiger partial charge in [-0.15, -0.1) is 10.2 Å². The van der Waals surface area contributed by atoms with Crippen LogP contribution in [0.2, 0.25) is 0 Å². The first-order chi connectivity index (χ1) is 11.7. The van der Waals surface area contributed by atoms with Crippen molar-refractivity contribution in [2.24, 2.45) is 0 Å². The van der Waals surface area contributed by atoms with Crippen LogP contribution in [0.15, 0.2) is 24.3 Å². The Morgan fingerprint density at radius 3 is 2.58 bits per heavy atom. The van der Waals surface area contributed by atoms with Crippen LogP contribution in [-0.2, 0) is 17.6 Å². The van der Waals surface area contributed by atoms with Crippen LogP contribution in [0, 0.1) is 0 Å². The number of ether oxygens (including phenoxy) is 1. The summed E-state index contributed by atoms with van der Waals surface area (Å²) in [6.45, 7) is 4.79. The molecular weight excluding hydrogens is 322 g/mol. The van der Waals surface area contributed by atoms with Gasteiger partial charge in [-0.1, -0.05) is 43.7 Å². The highest BCUT2D eigenvalue weighted by molar-refractivity contribution is 7.15. The molecule has 1 aromatic heterocycles. The van der Waals surface area contributed by atoms with Crippen LogP contribution < -0.4 is 10.1 Å². The number of rotatable bonds is 10. The van der Waals surface area contributed by atoms with Crippen LogP contribution >= 0.6 is 11.3 Å². The van der Waals surface area contributed by atoms with Gasteiger partial charge >= 0.3 is 0 Å². The summed E-state index contributed by atoms with van der Waals surface area (Å²) in [5.41, 5.74) is 1.32. The highest BCUT2D eigenvalue weighted by Gasteiger charge is 2.07. The van der Waals surface area contributed by atoms with Crippen LogP contribution in [0.4, 0.5) is 5.13 Å². The molecular formula is C18H25N3O2S. The van der Waals surface area contributed by atoms with Crippen LogP contribution in [0.25, 0.3) is 0 Å². The zero-order chi connectivity index (χ0) is 17.2. The topological polar surface area (TPSA) is 64.1 Å². The fourth-order valence-corrected chi connectivity index (χ4v) is 3.12. The molecule has 24 heavy (non-hydrogen) atoms. The third kappa shape index (κ3) is 6.28. The molecule has 0 saturated heterocycles. The lowest BCUT2D eigenvalue weighted by atomic mass is 10.1. The fourth-order valence-electron chi connectivity index (χ4n) is 2.26. The standard InChI is InChI=1S/C18H25N3O2S/c1-3-6-14-9-11-15(12-10-14)23-13-5-8-16(22)19-18-21-20-17(24-18)7-4-2/h9-12H,3-8,13H2,1-2H3,(H,19,21,22). The monoisotopic (exact) mass is 347 g/mol. The number of aromatic nitrogens is 2. The first kappa shape index (κ1) is 18.4. The molecule has 0 aliphatic carbocycles. The number of carbonyl (C=O) groups excluding carboxylic acids is 1. The van der Waals surface area contributed by atoms with Crippen molar-refractivity contribution in [3.05, 3.63) is 34.8 Å². The van der Waals surface area contributed by atoms with Gasteiger partial charge in [-0.25, -0.2) is 0 Å². The van der Waals surface area contributed by atoms with E-state index in [1.165, 1.54) is 16.9 Å². The summed E-state index contributed by atoms with van der Waals surface area (Å²) in [6.07, 6.45) is 5.24. The molecule has 1 aromatic carbocycles. The zero-order valence-electron chi connectivity index (χ0n) is 14.4. The smallest absolute Gasteiger partial charge is 0.226 e. The third-order valence-corrected chi connectivity index (χ3v) is 4.35. The Morgan fingerprint density at radius 2 is 1.88 bits per heavy atom. The number of carbonyl (C=O) groups is 1. The Kier molecular flexibility index (Phi) is 7.68. The van der Waals surface area contributed by atoms with E-state index in [2.05, 4.69) is 41.5 Å². The largest absolute Gasteiger partial charge is 0.494 e. The normalized spacial score (nSPS) is 10.6. The maximum absolute atomic E-state index is 11.9. The van der Waals surface area contributed by atoms with Gasteiger partial charge < -0.3 is 10.1 Å². The second-order valence-electron chi connectivity index (χ2n) is 5.65. The SMILES string of the molecule is CCCc1ccc(OCCCC(=O)Nc2nnc(CCC)s2)cc1. The summed E-state index contributed by atoms with van der Waals surface area (Å²) < 4.78 is 5.67. The number of aryl methyl sites for hydroxylation is 2. The Bertz CT molecular complexity index is 625. The van der Waals surface area contributed by atoms with Crippen LogP contribution in [0.3, 0.4) is 0 Å². The summed E-state index contributed by atoms with van der Waals surface area (Å²) in [5, 5.41) is 12.4. The maximum atomic E-state index is 11.9. The number of benzene rings is 1. The van der Waals surface area contributed by atoms with E-state index in [0.29, 0.717) is 24.6 Å². The molecule has 1 heterocycles. The lowest BCUT2D eigenvalue weighted by Gasteiger charge is -2.07. The second kappa shape index (κ2) is 10.0. The van der Waals surface area contributed by atoms with Crippen molar-refractivity contribution >= 4 is 22.4 Å². The van der Waals surface area contributed by atoms with E-state index in [-0.39, 0.29) is 5.91 Å². The van der Waals surface area contributed by atoms with Gasteiger partial charge in [0.1, 0.15) is 10.8 Å². The minimum atomic E-state index is -0.0453. The molecule has 0 atom stereocenters. The van der Waals surface area contributed by atoms with Crippen molar-refractivity contribution in [3.63, 3.8) is 0 Å². The molecule has 0 spiro atoms. The molecule has 5 nitrogen and oxygen atoms in total. The average Bonchev–Trinajstić information content (AvgIpc) is 3.01. The van der Waals surface area contributed by atoms with Gasteiger partial charge in [0.05, 0.1) is 6.61 Å². The quantitative estimate of drug-likeness (QED) is 0.653. The highest BCUT2D eigenvalue weighted by Crippen LogP contribution is 2.17. The van der Waals surface area contributed by atoms with Crippen LogP contribution in [0.5, 0.6) is 5.75 Å². The number of amides is 1. The lowest BCUT2D eigenvalue weighted by Crippen LogP contribution is -2.12. The second-order valence-corrected chi connectivity index (χ2v) is 6.71. The summed E-state index contributed by atoms with van der Waals surface area (Å²) >= 11 is 1.44. The molecule has 2 aromatic rings.